The molecule has 3 aromatic rings. The van der Waals surface area contributed by atoms with E-state index >= 15 is 0 Å². The number of nitrogens with zero attached hydrogens (tertiary/aromatic N) is 3. The lowest BCUT2D eigenvalue weighted by atomic mass is 10.1. The average Bonchev–Trinajstić information content (AvgIpc) is 3.11. The molecule has 0 saturated carbocycles. The van der Waals surface area contributed by atoms with E-state index in [4.69, 9.17) is 9.62 Å². The monoisotopic (exact) mass is 393 g/mol. The second-order valence-electron chi connectivity index (χ2n) is 5.62. The molecule has 0 aliphatic rings. The van der Waals surface area contributed by atoms with E-state index in [0.29, 0.717) is 22.1 Å². The van der Waals surface area contributed by atoms with Gasteiger partial charge in [0.1, 0.15) is 5.82 Å². The number of hydroxylamine groups is 2. The van der Waals surface area contributed by atoms with Crippen LogP contribution in [0.25, 0.3) is 11.3 Å². The standard InChI is InChI=1S/C17H14F3N5O3/c1-25(27)16(26)24-14-7-6-12(8-21-14)23-15-22-9-13(28-15)10-2-4-11(5-3-10)17(18,19)20/h2-9,27H,1H3,(H,22,23)(H,21,24,26). The Morgan fingerprint density at radius 3 is 2.39 bits per heavy atom. The largest absolute Gasteiger partial charge is 0.423 e. The second kappa shape index (κ2) is 7.56. The molecule has 2 aromatic heterocycles. The summed E-state index contributed by atoms with van der Waals surface area (Å²) in [7, 11) is 1.17. The van der Waals surface area contributed by atoms with Crippen molar-refractivity contribution in [1.82, 2.24) is 15.0 Å². The Morgan fingerprint density at radius 2 is 1.82 bits per heavy atom. The molecule has 8 nitrogen and oxygen atoms in total. The molecule has 0 radical (unpaired) electrons. The van der Waals surface area contributed by atoms with E-state index in [2.05, 4.69) is 20.6 Å². The number of aromatic nitrogens is 2. The highest BCUT2D eigenvalue weighted by Crippen LogP contribution is 2.31. The Labute approximate surface area is 156 Å². The second-order valence-corrected chi connectivity index (χ2v) is 5.62. The number of pyridine rings is 1. The Kier molecular flexibility index (Phi) is 5.18. The van der Waals surface area contributed by atoms with Gasteiger partial charge in [0.25, 0.3) is 6.01 Å². The maximum Gasteiger partial charge on any atom is 0.416 e. The number of amides is 2. The van der Waals surface area contributed by atoms with Crippen LogP contribution in [-0.4, -0.2) is 33.3 Å². The first-order valence-corrected chi connectivity index (χ1v) is 7.82. The van der Waals surface area contributed by atoms with E-state index in [1.54, 1.807) is 6.07 Å². The van der Waals surface area contributed by atoms with Crippen molar-refractivity contribution >= 4 is 23.6 Å². The fourth-order valence-corrected chi connectivity index (χ4v) is 2.14. The Balaban J connectivity index is 1.67. The first-order valence-electron chi connectivity index (χ1n) is 7.82. The smallest absolute Gasteiger partial charge is 0.416 e. The highest BCUT2D eigenvalue weighted by atomic mass is 19.4. The third-order valence-corrected chi connectivity index (χ3v) is 3.55. The maximum absolute atomic E-state index is 12.6. The molecule has 0 spiro atoms. The summed E-state index contributed by atoms with van der Waals surface area (Å²) in [6.07, 6.45) is -1.63. The molecule has 0 atom stereocenters. The zero-order valence-electron chi connectivity index (χ0n) is 14.4. The lowest BCUT2D eigenvalue weighted by molar-refractivity contribution is -0.137. The van der Waals surface area contributed by atoms with Crippen molar-refractivity contribution in [3.63, 3.8) is 0 Å². The number of oxazole rings is 1. The highest BCUT2D eigenvalue weighted by molar-refractivity contribution is 5.87. The van der Waals surface area contributed by atoms with Crippen molar-refractivity contribution in [2.75, 3.05) is 17.7 Å². The van der Waals surface area contributed by atoms with Gasteiger partial charge in [0.2, 0.25) is 0 Å². The van der Waals surface area contributed by atoms with Crippen LogP contribution in [-0.2, 0) is 6.18 Å². The molecule has 0 saturated heterocycles. The summed E-state index contributed by atoms with van der Waals surface area (Å²) in [4.78, 5) is 19.3. The minimum absolute atomic E-state index is 0.114. The normalized spacial score (nSPS) is 11.2. The first kappa shape index (κ1) is 19.2. The Morgan fingerprint density at radius 1 is 1.11 bits per heavy atom. The minimum Gasteiger partial charge on any atom is -0.423 e. The number of halogens is 3. The van der Waals surface area contributed by atoms with Gasteiger partial charge >= 0.3 is 12.2 Å². The molecule has 0 aliphatic carbocycles. The number of alkyl halides is 3. The predicted molar refractivity (Wildman–Crippen MR) is 93.0 cm³/mol. The van der Waals surface area contributed by atoms with Crippen LogP contribution >= 0.6 is 0 Å². The Bertz CT molecular complexity index is 953. The van der Waals surface area contributed by atoms with Gasteiger partial charge < -0.3 is 9.73 Å². The van der Waals surface area contributed by atoms with E-state index < -0.39 is 17.8 Å². The third-order valence-electron chi connectivity index (χ3n) is 3.55. The third kappa shape index (κ3) is 4.57. The SMILES string of the molecule is CN(O)C(=O)Nc1ccc(Nc2ncc(-c3ccc(C(F)(F)F)cc3)o2)cn1. The summed E-state index contributed by atoms with van der Waals surface area (Å²) < 4.78 is 43.3. The number of hydrogen-bond donors (Lipinski definition) is 3. The fraction of sp³-hybridized carbons (Fsp3) is 0.118. The van der Waals surface area contributed by atoms with Crippen LogP contribution in [0, 0.1) is 0 Å². The van der Waals surface area contributed by atoms with Crippen molar-refractivity contribution < 1.29 is 27.6 Å². The zero-order chi connectivity index (χ0) is 20.3. The number of urea groups is 1. The molecule has 2 heterocycles. The quantitative estimate of drug-likeness (QED) is 0.450. The molecule has 0 fully saturated rings. The predicted octanol–water partition coefficient (Wildman–Crippen LogP) is 4.35. The van der Waals surface area contributed by atoms with Crippen LogP contribution < -0.4 is 10.6 Å². The van der Waals surface area contributed by atoms with E-state index in [0.717, 1.165) is 12.1 Å². The van der Waals surface area contributed by atoms with Gasteiger partial charge in [0.05, 0.1) is 23.6 Å². The average molecular weight is 393 g/mol. The van der Waals surface area contributed by atoms with Crippen LogP contribution in [0.1, 0.15) is 5.56 Å². The minimum atomic E-state index is -4.40. The van der Waals surface area contributed by atoms with Gasteiger partial charge in [-0.3, -0.25) is 10.5 Å². The molecule has 28 heavy (non-hydrogen) atoms. The number of carbonyl (C=O) groups is 1. The van der Waals surface area contributed by atoms with Crippen molar-refractivity contribution in [2.24, 2.45) is 0 Å². The number of benzene rings is 1. The Hall–Kier alpha value is -3.60. The molecule has 0 unspecified atom stereocenters. The van der Waals surface area contributed by atoms with Crippen LogP contribution in [0.4, 0.5) is 35.5 Å². The topological polar surface area (TPSA) is 104 Å². The van der Waals surface area contributed by atoms with E-state index in [-0.39, 0.29) is 11.8 Å². The molecule has 3 rings (SSSR count). The van der Waals surface area contributed by atoms with Crippen LogP contribution in [0.5, 0.6) is 0 Å². The van der Waals surface area contributed by atoms with Crippen LogP contribution in [0.3, 0.4) is 0 Å². The fourth-order valence-electron chi connectivity index (χ4n) is 2.14. The van der Waals surface area contributed by atoms with Gasteiger partial charge in [-0.1, -0.05) is 12.1 Å². The summed E-state index contributed by atoms with van der Waals surface area (Å²) in [5.41, 5.74) is 0.189. The first-order chi connectivity index (χ1) is 13.2. The van der Waals surface area contributed by atoms with E-state index in [1.807, 2.05) is 0 Å². The summed E-state index contributed by atoms with van der Waals surface area (Å²) in [6.45, 7) is 0. The molecule has 3 N–H and O–H groups in total. The highest BCUT2D eigenvalue weighted by Gasteiger charge is 2.30. The summed E-state index contributed by atoms with van der Waals surface area (Å²) in [5.74, 6) is 0.508. The number of nitrogens with one attached hydrogen (secondary N) is 2. The lowest BCUT2D eigenvalue weighted by Gasteiger charge is -2.09. The van der Waals surface area contributed by atoms with Gasteiger partial charge in [-0.25, -0.2) is 19.8 Å². The molecular formula is C17H14F3N5O3. The van der Waals surface area contributed by atoms with Gasteiger partial charge in [0, 0.05) is 12.6 Å². The number of rotatable bonds is 4. The molecule has 146 valence electrons. The van der Waals surface area contributed by atoms with Crippen molar-refractivity contribution in [3.05, 3.63) is 54.4 Å². The molecule has 0 aliphatic heterocycles. The molecule has 0 bridgehead atoms. The van der Waals surface area contributed by atoms with Gasteiger partial charge in [-0.15, -0.1) is 0 Å². The maximum atomic E-state index is 12.6. The molecule has 2 amide bonds. The van der Waals surface area contributed by atoms with Gasteiger partial charge in [0.15, 0.2) is 5.76 Å². The summed E-state index contributed by atoms with van der Waals surface area (Å²) in [5, 5.41) is 14.6. The van der Waals surface area contributed by atoms with Gasteiger partial charge in [-0.05, 0) is 24.3 Å². The van der Waals surface area contributed by atoms with Crippen LogP contribution in [0.2, 0.25) is 0 Å². The molecular weight excluding hydrogens is 379 g/mol. The van der Waals surface area contributed by atoms with Crippen molar-refractivity contribution in [1.29, 1.82) is 0 Å². The number of carbonyl (C=O) groups excluding carboxylic acids is 1. The lowest BCUT2D eigenvalue weighted by Crippen LogP contribution is -2.28. The molecule has 1 aromatic carbocycles. The van der Waals surface area contributed by atoms with Crippen molar-refractivity contribution in [2.45, 2.75) is 6.18 Å². The van der Waals surface area contributed by atoms with E-state index in [1.165, 1.54) is 37.6 Å². The summed E-state index contributed by atoms with van der Waals surface area (Å²) >= 11 is 0. The summed E-state index contributed by atoms with van der Waals surface area (Å²) in [6, 6.07) is 6.96. The zero-order valence-corrected chi connectivity index (χ0v) is 14.4. The van der Waals surface area contributed by atoms with Gasteiger partial charge in [-0.2, -0.15) is 13.2 Å². The molecule has 11 heteroatoms. The number of hydrogen-bond acceptors (Lipinski definition) is 6. The van der Waals surface area contributed by atoms with Crippen LogP contribution in [0.15, 0.2) is 53.2 Å². The van der Waals surface area contributed by atoms with E-state index in [9.17, 15) is 18.0 Å². The number of anilines is 3. The van der Waals surface area contributed by atoms with Crippen molar-refractivity contribution in [3.8, 4) is 11.3 Å².